The Kier molecular flexibility index (Phi) is 4.94. The highest BCUT2D eigenvalue weighted by atomic mass is 19.1. The molecule has 0 radical (unpaired) electrons. The van der Waals surface area contributed by atoms with Crippen molar-refractivity contribution in [2.24, 2.45) is 0 Å². The molecule has 4 nitrogen and oxygen atoms in total. The van der Waals surface area contributed by atoms with E-state index in [4.69, 9.17) is 0 Å². The Morgan fingerprint density at radius 3 is 2.61 bits per heavy atom. The minimum absolute atomic E-state index is 0.196. The summed E-state index contributed by atoms with van der Waals surface area (Å²) in [7, 11) is 0. The number of H-pyrrole nitrogens is 1. The molecule has 0 spiro atoms. The maximum atomic E-state index is 14.9. The molecule has 4 aromatic rings. The predicted octanol–water partition coefficient (Wildman–Crippen LogP) is 5.47. The third kappa shape index (κ3) is 3.56. The van der Waals surface area contributed by atoms with Gasteiger partial charge in [-0.1, -0.05) is 66.2 Å². The maximum Gasteiger partial charge on any atom is 0.318 e. The van der Waals surface area contributed by atoms with E-state index in [1.54, 1.807) is 17.0 Å². The molecule has 156 valence electrons. The summed E-state index contributed by atoms with van der Waals surface area (Å²) in [6.07, 6.45) is 0.724. The average molecular weight is 413 g/mol. The van der Waals surface area contributed by atoms with E-state index in [2.05, 4.69) is 16.4 Å². The molecule has 5 heteroatoms. The van der Waals surface area contributed by atoms with E-state index in [1.807, 2.05) is 55.5 Å². The summed E-state index contributed by atoms with van der Waals surface area (Å²) >= 11 is 0. The van der Waals surface area contributed by atoms with Crippen LogP contribution in [0.4, 0.5) is 9.18 Å². The first-order valence-electron chi connectivity index (χ1n) is 10.6. The van der Waals surface area contributed by atoms with E-state index in [1.165, 1.54) is 11.6 Å². The van der Waals surface area contributed by atoms with E-state index >= 15 is 0 Å². The fraction of sp³-hybridized carbons (Fsp3) is 0.192. The molecule has 0 fully saturated rings. The summed E-state index contributed by atoms with van der Waals surface area (Å²) < 4.78 is 14.9. The van der Waals surface area contributed by atoms with Crippen LogP contribution in [0.3, 0.4) is 0 Å². The van der Waals surface area contributed by atoms with Crippen LogP contribution in [-0.2, 0) is 13.0 Å². The van der Waals surface area contributed by atoms with Crippen molar-refractivity contribution in [3.8, 4) is 0 Å². The Balaban J connectivity index is 1.51. The second kappa shape index (κ2) is 7.91. The summed E-state index contributed by atoms with van der Waals surface area (Å²) in [5.74, 6) is -0.310. The monoisotopic (exact) mass is 413 g/mol. The Morgan fingerprint density at radius 1 is 1.06 bits per heavy atom. The smallest absolute Gasteiger partial charge is 0.318 e. The molecule has 1 aliphatic rings. The van der Waals surface area contributed by atoms with Crippen LogP contribution in [0.5, 0.6) is 0 Å². The second-order valence-electron chi connectivity index (χ2n) is 8.07. The molecule has 0 unspecified atom stereocenters. The number of aromatic amines is 1. The van der Waals surface area contributed by atoms with Gasteiger partial charge < -0.3 is 15.2 Å². The Hall–Kier alpha value is -3.60. The number of para-hydroxylation sites is 1. The van der Waals surface area contributed by atoms with E-state index in [9.17, 15) is 9.18 Å². The van der Waals surface area contributed by atoms with Gasteiger partial charge in [0.2, 0.25) is 0 Å². The molecule has 0 saturated heterocycles. The largest absolute Gasteiger partial charge is 0.356 e. The van der Waals surface area contributed by atoms with Crippen LogP contribution in [0.1, 0.15) is 34.0 Å². The number of fused-ring (bicyclic) bond motifs is 3. The summed E-state index contributed by atoms with van der Waals surface area (Å²) in [4.78, 5) is 18.4. The van der Waals surface area contributed by atoms with Crippen molar-refractivity contribution in [1.82, 2.24) is 15.2 Å². The SMILES string of the molecule is Cc1ccc(CNC(=O)N2CCc3c([nH]c4ccccc34)[C@H]2c2ccccc2F)cc1. The number of halogens is 1. The Labute approximate surface area is 180 Å². The molecule has 0 saturated carbocycles. The lowest BCUT2D eigenvalue weighted by molar-refractivity contribution is 0.177. The number of carbonyl (C=O) groups is 1. The Morgan fingerprint density at radius 2 is 1.81 bits per heavy atom. The second-order valence-corrected chi connectivity index (χ2v) is 8.07. The van der Waals surface area contributed by atoms with Gasteiger partial charge in [-0.15, -0.1) is 0 Å². The van der Waals surface area contributed by atoms with E-state index < -0.39 is 6.04 Å². The first-order valence-corrected chi connectivity index (χ1v) is 10.6. The zero-order valence-corrected chi connectivity index (χ0v) is 17.4. The first-order chi connectivity index (χ1) is 15.1. The molecule has 31 heavy (non-hydrogen) atoms. The van der Waals surface area contributed by atoms with Gasteiger partial charge in [0.05, 0.1) is 0 Å². The van der Waals surface area contributed by atoms with Gasteiger partial charge in [-0.05, 0) is 36.6 Å². The highest BCUT2D eigenvalue weighted by Gasteiger charge is 2.35. The molecular weight excluding hydrogens is 389 g/mol. The quantitative estimate of drug-likeness (QED) is 0.460. The molecule has 2 heterocycles. The number of amides is 2. The van der Waals surface area contributed by atoms with Crippen molar-refractivity contribution in [2.45, 2.75) is 25.9 Å². The van der Waals surface area contributed by atoms with Gasteiger partial charge in [-0.25, -0.2) is 9.18 Å². The van der Waals surface area contributed by atoms with Gasteiger partial charge in [0.25, 0.3) is 0 Å². The van der Waals surface area contributed by atoms with E-state index in [-0.39, 0.29) is 11.8 Å². The maximum absolute atomic E-state index is 14.9. The Bertz CT molecular complexity index is 1250. The number of aromatic nitrogens is 1. The summed E-state index contributed by atoms with van der Waals surface area (Å²) in [6.45, 7) is 2.99. The highest BCUT2D eigenvalue weighted by molar-refractivity contribution is 5.86. The number of urea groups is 1. The van der Waals surface area contributed by atoms with Gasteiger partial charge >= 0.3 is 6.03 Å². The first kappa shape index (κ1) is 19.4. The molecule has 0 bridgehead atoms. The van der Waals surface area contributed by atoms with Crippen molar-refractivity contribution in [3.05, 3.63) is 107 Å². The molecule has 5 rings (SSSR count). The van der Waals surface area contributed by atoms with Crippen LogP contribution < -0.4 is 5.32 Å². The van der Waals surface area contributed by atoms with Gasteiger partial charge in [-0.3, -0.25) is 0 Å². The van der Waals surface area contributed by atoms with Crippen LogP contribution in [0, 0.1) is 12.7 Å². The van der Waals surface area contributed by atoms with Crippen LogP contribution in [0.2, 0.25) is 0 Å². The molecule has 2 N–H and O–H groups in total. The number of nitrogens with one attached hydrogen (secondary N) is 2. The lowest BCUT2D eigenvalue weighted by Gasteiger charge is -2.36. The topological polar surface area (TPSA) is 48.1 Å². The number of hydrogen-bond donors (Lipinski definition) is 2. The minimum atomic E-state index is -0.504. The third-order valence-corrected chi connectivity index (χ3v) is 6.06. The zero-order valence-electron chi connectivity index (χ0n) is 17.4. The number of benzene rings is 3. The molecular formula is C26H24FN3O. The van der Waals surface area contributed by atoms with Crippen molar-refractivity contribution in [1.29, 1.82) is 0 Å². The molecule has 1 aromatic heterocycles. The average Bonchev–Trinajstić information content (AvgIpc) is 3.17. The summed E-state index contributed by atoms with van der Waals surface area (Å²) in [5, 5.41) is 4.16. The molecule has 0 aliphatic carbocycles. The van der Waals surface area contributed by atoms with Crippen LogP contribution in [0.25, 0.3) is 10.9 Å². The van der Waals surface area contributed by atoms with Gasteiger partial charge in [-0.2, -0.15) is 0 Å². The lowest BCUT2D eigenvalue weighted by Crippen LogP contribution is -2.46. The zero-order chi connectivity index (χ0) is 21.4. The van der Waals surface area contributed by atoms with E-state index in [0.29, 0.717) is 18.7 Å². The summed E-state index contributed by atoms with van der Waals surface area (Å²) in [5.41, 5.74) is 5.77. The van der Waals surface area contributed by atoms with Crippen molar-refractivity contribution < 1.29 is 9.18 Å². The molecule has 3 aromatic carbocycles. The lowest BCUT2D eigenvalue weighted by atomic mass is 9.92. The number of aryl methyl sites for hydroxylation is 1. The van der Waals surface area contributed by atoms with Gasteiger partial charge in [0.1, 0.15) is 11.9 Å². The van der Waals surface area contributed by atoms with E-state index in [0.717, 1.165) is 34.1 Å². The number of carbonyl (C=O) groups excluding carboxylic acids is 1. The minimum Gasteiger partial charge on any atom is -0.356 e. The van der Waals surface area contributed by atoms with Crippen molar-refractivity contribution in [2.75, 3.05) is 6.54 Å². The molecule has 2 amide bonds. The fourth-order valence-corrected chi connectivity index (χ4v) is 4.47. The number of rotatable bonds is 3. The van der Waals surface area contributed by atoms with Crippen LogP contribution in [-0.4, -0.2) is 22.5 Å². The standard InChI is InChI=1S/C26H24FN3O/c1-17-10-12-18(13-11-17)16-28-26(31)30-15-14-20-19-6-3-5-9-23(19)29-24(20)25(30)21-7-2-4-8-22(21)27/h2-13,25,29H,14-16H2,1H3,(H,28,31)/t25-/m1/s1. The number of nitrogens with zero attached hydrogens (tertiary/aromatic N) is 1. The molecule has 1 atom stereocenters. The van der Waals surface area contributed by atoms with Crippen molar-refractivity contribution >= 4 is 16.9 Å². The third-order valence-electron chi connectivity index (χ3n) is 6.06. The predicted molar refractivity (Wildman–Crippen MR) is 120 cm³/mol. The number of hydrogen-bond acceptors (Lipinski definition) is 1. The molecule has 1 aliphatic heterocycles. The van der Waals surface area contributed by atoms with Gasteiger partial charge in [0, 0.05) is 35.2 Å². The fourth-order valence-electron chi connectivity index (χ4n) is 4.47. The van der Waals surface area contributed by atoms with Gasteiger partial charge in [0.15, 0.2) is 0 Å². The van der Waals surface area contributed by atoms with Crippen LogP contribution >= 0.6 is 0 Å². The normalized spacial score (nSPS) is 15.7. The van der Waals surface area contributed by atoms with Crippen LogP contribution in [0.15, 0.2) is 72.8 Å². The van der Waals surface area contributed by atoms with Crippen molar-refractivity contribution in [3.63, 3.8) is 0 Å². The summed E-state index contributed by atoms with van der Waals surface area (Å²) in [6, 6.07) is 22.2. The highest BCUT2D eigenvalue weighted by Crippen LogP contribution is 2.39.